The lowest BCUT2D eigenvalue weighted by Gasteiger charge is -2.12. The van der Waals surface area contributed by atoms with E-state index in [-0.39, 0.29) is 5.54 Å². The van der Waals surface area contributed by atoms with Gasteiger partial charge in [0.05, 0.1) is 5.56 Å². The fraction of sp³-hybridized carbons (Fsp3) is 0.500. The molecule has 0 amide bonds. The lowest BCUT2D eigenvalue weighted by Crippen LogP contribution is -2.24. The fourth-order valence-corrected chi connectivity index (χ4v) is 1.95. The highest BCUT2D eigenvalue weighted by molar-refractivity contribution is 5.34. The SMILES string of the molecule is Cc1cc(CC2(N)CC2)cc(F)c1C(F)F. The second-order valence-corrected chi connectivity index (χ2v) is 4.65. The molecule has 2 rings (SSSR count). The van der Waals surface area contributed by atoms with Gasteiger partial charge in [-0.3, -0.25) is 0 Å². The third-order valence-corrected chi connectivity index (χ3v) is 3.06. The van der Waals surface area contributed by atoms with Crippen LogP contribution in [0, 0.1) is 12.7 Å². The number of aryl methyl sites for hydroxylation is 1. The molecule has 0 aromatic heterocycles. The predicted molar refractivity (Wildman–Crippen MR) is 56.0 cm³/mol. The first-order valence-corrected chi connectivity index (χ1v) is 5.27. The summed E-state index contributed by atoms with van der Waals surface area (Å²) in [6, 6.07) is 2.79. The first-order valence-electron chi connectivity index (χ1n) is 5.27. The Balaban J connectivity index is 2.29. The minimum absolute atomic E-state index is 0.231. The summed E-state index contributed by atoms with van der Waals surface area (Å²) in [6.45, 7) is 1.50. The quantitative estimate of drug-likeness (QED) is 0.846. The Hall–Kier alpha value is -1.03. The van der Waals surface area contributed by atoms with Gasteiger partial charge < -0.3 is 5.73 Å². The number of halogens is 3. The van der Waals surface area contributed by atoms with Crippen LogP contribution in [0.25, 0.3) is 0 Å². The Kier molecular flexibility index (Phi) is 2.70. The lowest BCUT2D eigenvalue weighted by molar-refractivity contribution is 0.145. The largest absolute Gasteiger partial charge is 0.325 e. The molecule has 88 valence electrons. The van der Waals surface area contributed by atoms with Gasteiger partial charge in [0, 0.05) is 5.54 Å². The first-order chi connectivity index (χ1) is 7.41. The van der Waals surface area contributed by atoms with Crippen molar-refractivity contribution >= 4 is 0 Å². The Bertz CT molecular complexity index is 388. The predicted octanol–water partition coefficient (Wildman–Crippen LogP) is 3.11. The molecule has 1 aliphatic rings. The van der Waals surface area contributed by atoms with Gasteiger partial charge in [-0.25, -0.2) is 13.2 Å². The zero-order valence-electron chi connectivity index (χ0n) is 9.06. The van der Waals surface area contributed by atoms with Gasteiger partial charge in [0.2, 0.25) is 0 Å². The molecule has 16 heavy (non-hydrogen) atoms. The van der Waals surface area contributed by atoms with Gasteiger partial charge in [-0.2, -0.15) is 0 Å². The molecule has 0 spiro atoms. The van der Waals surface area contributed by atoms with Crippen molar-refractivity contribution in [3.8, 4) is 0 Å². The van der Waals surface area contributed by atoms with Crippen LogP contribution in [0.15, 0.2) is 12.1 Å². The van der Waals surface area contributed by atoms with Crippen LogP contribution >= 0.6 is 0 Å². The van der Waals surface area contributed by atoms with E-state index in [4.69, 9.17) is 5.73 Å². The third-order valence-electron chi connectivity index (χ3n) is 3.06. The average molecular weight is 229 g/mol. The monoisotopic (exact) mass is 229 g/mol. The number of rotatable bonds is 3. The van der Waals surface area contributed by atoms with Gasteiger partial charge in [0.1, 0.15) is 5.82 Å². The minimum Gasteiger partial charge on any atom is -0.325 e. The molecule has 0 radical (unpaired) electrons. The van der Waals surface area contributed by atoms with E-state index in [1.54, 1.807) is 6.07 Å². The second kappa shape index (κ2) is 3.77. The van der Waals surface area contributed by atoms with E-state index in [1.165, 1.54) is 13.0 Å². The summed E-state index contributed by atoms with van der Waals surface area (Å²) in [5.74, 6) is -0.825. The summed E-state index contributed by atoms with van der Waals surface area (Å²) in [6.07, 6.45) is -0.357. The van der Waals surface area contributed by atoms with Crippen LogP contribution in [0.1, 0.15) is 36.0 Å². The molecule has 0 bridgehead atoms. The van der Waals surface area contributed by atoms with E-state index in [2.05, 4.69) is 0 Å². The fourth-order valence-electron chi connectivity index (χ4n) is 1.95. The van der Waals surface area contributed by atoms with E-state index < -0.39 is 17.8 Å². The molecular weight excluding hydrogens is 215 g/mol. The van der Waals surface area contributed by atoms with Gasteiger partial charge in [-0.05, 0) is 43.4 Å². The van der Waals surface area contributed by atoms with Crippen molar-refractivity contribution in [2.24, 2.45) is 5.73 Å². The molecule has 0 unspecified atom stereocenters. The molecule has 1 aliphatic carbocycles. The van der Waals surface area contributed by atoms with Crippen LogP contribution in [0.4, 0.5) is 13.2 Å². The van der Waals surface area contributed by atoms with E-state index >= 15 is 0 Å². The molecule has 1 nitrogen and oxygen atoms in total. The van der Waals surface area contributed by atoms with Gasteiger partial charge in [0.25, 0.3) is 6.43 Å². The number of nitrogens with two attached hydrogens (primary N) is 1. The summed E-state index contributed by atoms with van der Waals surface area (Å²) in [5.41, 5.74) is 6.19. The molecule has 1 fully saturated rings. The lowest BCUT2D eigenvalue weighted by atomic mass is 9.99. The van der Waals surface area contributed by atoms with E-state index in [9.17, 15) is 13.2 Å². The third kappa shape index (κ3) is 2.21. The molecule has 0 aliphatic heterocycles. The summed E-state index contributed by atoms with van der Waals surface area (Å²) in [4.78, 5) is 0. The Labute approximate surface area is 92.5 Å². The van der Waals surface area contributed by atoms with Crippen LogP contribution < -0.4 is 5.73 Å². The Morgan fingerprint density at radius 3 is 2.44 bits per heavy atom. The van der Waals surface area contributed by atoms with Gasteiger partial charge in [-0.15, -0.1) is 0 Å². The van der Waals surface area contributed by atoms with Gasteiger partial charge >= 0.3 is 0 Å². The Morgan fingerprint density at radius 1 is 1.38 bits per heavy atom. The van der Waals surface area contributed by atoms with Crippen LogP contribution in [0.2, 0.25) is 0 Å². The Morgan fingerprint density at radius 2 is 2.00 bits per heavy atom. The van der Waals surface area contributed by atoms with Crippen molar-refractivity contribution in [3.63, 3.8) is 0 Å². The van der Waals surface area contributed by atoms with Crippen molar-refractivity contribution in [2.45, 2.75) is 38.2 Å². The second-order valence-electron chi connectivity index (χ2n) is 4.65. The standard InChI is InChI=1S/C12H14F3N/c1-7-4-8(6-12(16)2-3-12)5-9(13)10(7)11(14)15/h4-5,11H,2-3,6,16H2,1H3. The summed E-state index contributed by atoms with van der Waals surface area (Å²) < 4.78 is 38.4. The molecule has 0 saturated heterocycles. The summed E-state index contributed by atoms with van der Waals surface area (Å²) in [5, 5.41) is 0. The molecule has 0 atom stereocenters. The van der Waals surface area contributed by atoms with E-state index in [0.29, 0.717) is 17.5 Å². The maximum absolute atomic E-state index is 13.4. The van der Waals surface area contributed by atoms with Crippen LogP contribution in [-0.2, 0) is 6.42 Å². The minimum atomic E-state index is -2.76. The number of hydrogen-bond acceptors (Lipinski definition) is 1. The van der Waals surface area contributed by atoms with E-state index in [1.807, 2.05) is 0 Å². The van der Waals surface area contributed by atoms with Crippen LogP contribution in [0.5, 0.6) is 0 Å². The number of alkyl halides is 2. The zero-order chi connectivity index (χ0) is 11.9. The number of benzene rings is 1. The molecule has 4 heteroatoms. The molecule has 1 aromatic carbocycles. The average Bonchev–Trinajstić information content (AvgIpc) is 2.80. The van der Waals surface area contributed by atoms with Gasteiger partial charge in [-0.1, -0.05) is 6.07 Å². The molecule has 2 N–H and O–H groups in total. The maximum Gasteiger partial charge on any atom is 0.266 e. The summed E-state index contributed by atoms with van der Waals surface area (Å²) >= 11 is 0. The van der Waals surface area contributed by atoms with E-state index in [0.717, 1.165) is 12.8 Å². The van der Waals surface area contributed by atoms with Gasteiger partial charge in [0.15, 0.2) is 0 Å². The van der Waals surface area contributed by atoms with Crippen molar-refractivity contribution in [1.82, 2.24) is 0 Å². The van der Waals surface area contributed by atoms with Crippen molar-refractivity contribution in [2.75, 3.05) is 0 Å². The first kappa shape index (κ1) is 11.5. The molecule has 1 saturated carbocycles. The normalized spacial score (nSPS) is 17.9. The highest BCUT2D eigenvalue weighted by Crippen LogP contribution is 2.36. The van der Waals surface area contributed by atoms with Crippen LogP contribution in [-0.4, -0.2) is 5.54 Å². The number of hydrogen-bond donors (Lipinski definition) is 1. The zero-order valence-corrected chi connectivity index (χ0v) is 9.06. The molecular formula is C12H14F3N. The van der Waals surface area contributed by atoms with Crippen molar-refractivity contribution < 1.29 is 13.2 Å². The molecule has 0 heterocycles. The summed E-state index contributed by atoms with van der Waals surface area (Å²) in [7, 11) is 0. The highest BCUT2D eigenvalue weighted by atomic mass is 19.3. The van der Waals surface area contributed by atoms with Crippen molar-refractivity contribution in [1.29, 1.82) is 0 Å². The highest BCUT2D eigenvalue weighted by Gasteiger charge is 2.38. The topological polar surface area (TPSA) is 26.0 Å². The van der Waals surface area contributed by atoms with Crippen molar-refractivity contribution in [3.05, 3.63) is 34.6 Å². The molecule has 1 aromatic rings. The van der Waals surface area contributed by atoms with Crippen LogP contribution in [0.3, 0.4) is 0 Å². The maximum atomic E-state index is 13.4. The smallest absolute Gasteiger partial charge is 0.266 e.